The molecular formula is C13H22N4O. The third kappa shape index (κ3) is 2.97. The Kier molecular flexibility index (Phi) is 4.49. The van der Waals surface area contributed by atoms with E-state index in [-0.39, 0.29) is 6.10 Å². The first-order chi connectivity index (χ1) is 8.74. The number of hydrogen-bond donors (Lipinski definition) is 1. The summed E-state index contributed by atoms with van der Waals surface area (Å²) in [5, 5.41) is 0. The molecule has 18 heavy (non-hydrogen) atoms. The summed E-state index contributed by atoms with van der Waals surface area (Å²) in [5.74, 6) is 1.40. The molecule has 1 aromatic heterocycles. The van der Waals surface area contributed by atoms with Crippen molar-refractivity contribution in [3.8, 4) is 0 Å². The van der Waals surface area contributed by atoms with E-state index in [4.69, 9.17) is 10.5 Å². The molecule has 0 amide bonds. The van der Waals surface area contributed by atoms with Gasteiger partial charge in [-0.1, -0.05) is 6.92 Å². The maximum Gasteiger partial charge on any atom is 0.225 e. The van der Waals surface area contributed by atoms with Crippen molar-refractivity contribution in [2.45, 2.75) is 25.9 Å². The average Bonchev–Trinajstić information content (AvgIpc) is 2.41. The lowest BCUT2D eigenvalue weighted by Crippen LogP contribution is -2.44. The summed E-state index contributed by atoms with van der Waals surface area (Å²) in [6.45, 7) is 4.73. The van der Waals surface area contributed by atoms with Gasteiger partial charge in [-0.05, 0) is 30.9 Å². The Labute approximate surface area is 108 Å². The smallest absolute Gasteiger partial charge is 0.225 e. The van der Waals surface area contributed by atoms with Gasteiger partial charge in [0.05, 0.1) is 6.10 Å². The zero-order valence-corrected chi connectivity index (χ0v) is 11.2. The van der Waals surface area contributed by atoms with Crippen molar-refractivity contribution in [1.29, 1.82) is 0 Å². The van der Waals surface area contributed by atoms with Crippen molar-refractivity contribution in [3.05, 3.63) is 18.0 Å². The number of hydrogen-bond acceptors (Lipinski definition) is 5. The molecule has 0 bridgehead atoms. The molecule has 5 nitrogen and oxygen atoms in total. The van der Waals surface area contributed by atoms with Gasteiger partial charge >= 0.3 is 0 Å². The monoisotopic (exact) mass is 250 g/mol. The van der Waals surface area contributed by atoms with Crippen LogP contribution in [0.5, 0.6) is 0 Å². The zero-order chi connectivity index (χ0) is 13.0. The first kappa shape index (κ1) is 13.2. The highest BCUT2D eigenvalue weighted by Gasteiger charge is 2.27. The molecule has 2 atom stereocenters. The van der Waals surface area contributed by atoms with Gasteiger partial charge in [0.2, 0.25) is 5.95 Å². The molecule has 0 aromatic carbocycles. The number of ether oxygens (including phenoxy) is 1. The Hall–Kier alpha value is -1.20. The molecule has 100 valence electrons. The SMILES string of the molecule is COC1CN(c2ncc(CCN)cn2)CCC1C. The summed E-state index contributed by atoms with van der Waals surface area (Å²) in [6, 6.07) is 0. The van der Waals surface area contributed by atoms with Gasteiger partial charge in [-0.15, -0.1) is 0 Å². The van der Waals surface area contributed by atoms with Crippen LogP contribution in [0, 0.1) is 5.92 Å². The molecule has 1 aliphatic rings. The predicted molar refractivity (Wildman–Crippen MR) is 71.6 cm³/mol. The van der Waals surface area contributed by atoms with E-state index in [0.717, 1.165) is 37.4 Å². The van der Waals surface area contributed by atoms with E-state index in [1.807, 2.05) is 12.4 Å². The third-order valence-electron chi connectivity index (χ3n) is 3.60. The van der Waals surface area contributed by atoms with Crippen LogP contribution in [0.3, 0.4) is 0 Å². The van der Waals surface area contributed by atoms with Crippen LogP contribution < -0.4 is 10.6 Å². The van der Waals surface area contributed by atoms with Gasteiger partial charge in [0.15, 0.2) is 0 Å². The number of rotatable bonds is 4. The highest BCUT2D eigenvalue weighted by molar-refractivity contribution is 5.31. The number of nitrogens with two attached hydrogens (primary N) is 1. The lowest BCUT2D eigenvalue weighted by molar-refractivity contribution is 0.0494. The molecule has 1 fully saturated rings. The standard InChI is InChI=1S/C13H22N4O/c1-10-4-6-17(9-12(10)18-2)13-15-7-11(3-5-14)8-16-13/h7-8,10,12H,3-6,9,14H2,1-2H3. The molecule has 5 heteroatoms. The van der Waals surface area contributed by atoms with E-state index in [2.05, 4.69) is 21.8 Å². The van der Waals surface area contributed by atoms with Gasteiger partial charge in [-0.25, -0.2) is 9.97 Å². The number of aromatic nitrogens is 2. The molecule has 0 spiro atoms. The fourth-order valence-corrected chi connectivity index (χ4v) is 2.33. The molecule has 1 aromatic rings. The number of anilines is 1. The van der Waals surface area contributed by atoms with E-state index < -0.39 is 0 Å². The molecule has 0 radical (unpaired) electrons. The van der Waals surface area contributed by atoms with Gasteiger partial charge < -0.3 is 15.4 Å². The topological polar surface area (TPSA) is 64.3 Å². The second-order valence-corrected chi connectivity index (χ2v) is 4.92. The number of nitrogens with zero attached hydrogens (tertiary/aromatic N) is 3. The first-order valence-electron chi connectivity index (χ1n) is 6.53. The lowest BCUT2D eigenvalue weighted by atomic mass is 9.96. The Morgan fingerprint density at radius 1 is 1.44 bits per heavy atom. The van der Waals surface area contributed by atoms with Crippen LogP contribution in [-0.2, 0) is 11.2 Å². The zero-order valence-electron chi connectivity index (χ0n) is 11.2. The van der Waals surface area contributed by atoms with Crippen LogP contribution in [0.15, 0.2) is 12.4 Å². The summed E-state index contributed by atoms with van der Waals surface area (Å²) >= 11 is 0. The Bertz CT molecular complexity index is 368. The molecule has 0 aliphatic carbocycles. The molecule has 0 saturated carbocycles. The predicted octanol–water partition coefficient (Wildman–Crippen LogP) is 0.839. The molecule has 1 saturated heterocycles. The fraction of sp³-hybridized carbons (Fsp3) is 0.692. The van der Waals surface area contributed by atoms with Crippen molar-refractivity contribution in [3.63, 3.8) is 0 Å². The molecule has 2 N–H and O–H groups in total. The van der Waals surface area contributed by atoms with Crippen LogP contribution in [0.1, 0.15) is 18.9 Å². The van der Waals surface area contributed by atoms with Gasteiger partial charge in [-0.3, -0.25) is 0 Å². The highest BCUT2D eigenvalue weighted by atomic mass is 16.5. The Morgan fingerprint density at radius 2 is 2.17 bits per heavy atom. The van der Waals surface area contributed by atoms with Crippen molar-refractivity contribution in [1.82, 2.24) is 9.97 Å². The minimum atomic E-state index is 0.270. The van der Waals surface area contributed by atoms with Crippen molar-refractivity contribution >= 4 is 5.95 Å². The third-order valence-corrected chi connectivity index (χ3v) is 3.60. The molecule has 1 aliphatic heterocycles. The summed E-state index contributed by atoms with van der Waals surface area (Å²) in [5.41, 5.74) is 6.60. The maximum absolute atomic E-state index is 5.51. The van der Waals surface area contributed by atoms with Crippen LogP contribution in [0.4, 0.5) is 5.95 Å². The van der Waals surface area contributed by atoms with E-state index in [1.165, 1.54) is 0 Å². The fourth-order valence-electron chi connectivity index (χ4n) is 2.33. The highest BCUT2D eigenvalue weighted by Crippen LogP contribution is 2.22. The number of methoxy groups -OCH3 is 1. The average molecular weight is 250 g/mol. The van der Waals surface area contributed by atoms with Crippen LogP contribution in [0.2, 0.25) is 0 Å². The molecule has 2 unspecified atom stereocenters. The Morgan fingerprint density at radius 3 is 2.78 bits per heavy atom. The maximum atomic E-state index is 5.51. The minimum Gasteiger partial charge on any atom is -0.379 e. The van der Waals surface area contributed by atoms with Crippen LogP contribution in [-0.4, -0.2) is 42.8 Å². The van der Waals surface area contributed by atoms with Gasteiger partial charge in [0.1, 0.15) is 0 Å². The summed E-state index contributed by atoms with van der Waals surface area (Å²) < 4.78 is 5.50. The van der Waals surface area contributed by atoms with Gasteiger partial charge in [0, 0.05) is 32.6 Å². The normalized spacial score (nSPS) is 24.3. The number of piperidine rings is 1. The van der Waals surface area contributed by atoms with E-state index in [0.29, 0.717) is 12.5 Å². The summed E-state index contributed by atoms with van der Waals surface area (Å²) in [6.07, 6.45) is 5.96. The first-order valence-corrected chi connectivity index (χ1v) is 6.53. The largest absolute Gasteiger partial charge is 0.379 e. The molecule has 2 heterocycles. The summed E-state index contributed by atoms with van der Waals surface area (Å²) in [4.78, 5) is 11.0. The van der Waals surface area contributed by atoms with E-state index in [9.17, 15) is 0 Å². The molecule has 2 rings (SSSR count). The summed E-state index contributed by atoms with van der Waals surface area (Å²) in [7, 11) is 1.77. The van der Waals surface area contributed by atoms with Gasteiger partial charge in [0.25, 0.3) is 0 Å². The van der Waals surface area contributed by atoms with Crippen molar-refractivity contribution in [2.24, 2.45) is 11.7 Å². The van der Waals surface area contributed by atoms with Crippen molar-refractivity contribution in [2.75, 3.05) is 31.6 Å². The lowest BCUT2D eigenvalue weighted by Gasteiger charge is -2.36. The minimum absolute atomic E-state index is 0.270. The van der Waals surface area contributed by atoms with Crippen LogP contribution in [0.25, 0.3) is 0 Å². The van der Waals surface area contributed by atoms with E-state index in [1.54, 1.807) is 7.11 Å². The second-order valence-electron chi connectivity index (χ2n) is 4.92. The van der Waals surface area contributed by atoms with Gasteiger partial charge in [-0.2, -0.15) is 0 Å². The van der Waals surface area contributed by atoms with Crippen LogP contribution >= 0.6 is 0 Å². The second kappa shape index (κ2) is 6.11. The molecular weight excluding hydrogens is 228 g/mol. The Balaban J connectivity index is 2.02. The quantitative estimate of drug-likeness (QED) is 0.858. The van der Waals surface area contributed by atoms with Crippen molar-refractivity contribution < 1.29 is 4.74 Å². The van der Waals surface area contributed by atoms with E-state index >= 15 is 0 Å².